The summed E-state index contributed by atoms with van der Waals surface area (Å²) in [5, 5.41) is 6.28. The topological polar surface area (TPSA) is 90.0 Å². The van der Waals surface area contributed by atoms with Crippen LogP contribution in [0.25, 0.3) is 11.1 Å². The predicted molar refractivity (Wildman–Crippen MR) is 75.8 cm³/mol. The molecule has 7 nitrogen and oxygen atoms in total. The molecule has 0 bridgehead atoms. The van der Waals surface area contributed by atoms with Crippen molar-refractivity contribution in [3.8, 4) is 0 Å². The third-order valence-corrected chi connectivity index (χ3v) is 3.10. The molecule has 1 amide bonds. The van der Waals surface area contributed by atoms with Gasteiger partial charge in [-0.15, -0.1) is 0 Å². The van der Waals surface area contributed by atoms with Crippen LogP contribution in [0.4, 0.5) is 10.1 Å². The molecule has 0 fully saturated rings. The number of nitrogens with zero attached hydrogens (tertiary/aromatic N) is 3. The molecule has 0 aliphatic carbocycles. The molecule has 0 saturated heterocycles. The van der Waals surface area contributed by atoms with Crippen LogP contribution in [0, 0.1) is 12.7 Å². The summed E-state index contributed by atoms with van der Waals surface area (Å²) in [6.07, 6.45) is 1.19. The number of halogens is 1. The zero-order valence-electron chi connectivity index (χ0n) is 11.5. The molecule has 3 rings (SSSR count). The van der Waals surface area contributed by atoms with Crippen molar-refractivity contribution >= 4 is 22.7 Å². The molecular formula is C14H11FN4O3. The fraction of sp³-hybridized carbons (Fsp3) is 0.143. The van der Waals surface area contributed by atoms with Crippen LogP contribution in [0.2, 0.25) is 0 Å². The molecule has 1 aromatic carbocycles. The van der Waals surface area contributed by atoms with Crippen molar-refractivity contribution in [2.45, 2.75) is 13.5 Å². The van der Waals surface area contributed by atoms with Gasteiger partial charge in [-0.2, -0.15) is 0 Å². The van der Waals surface area contributed by atoms with Gasteiger partial charge in [-0.25, -0.2) is 9.37 Å². The number of aryl methyl sites for hydroxylation is 1. The third kappa shape index (κ3) is 2.46. The minimum absolute atomic E-state index is 0.0516. The zero-order chi connectivity index (χ0) is 15.7. The van der Waals surface area contributed by atoms with E-state index in [1.165, 1.54) is 24.5 Å². The standard InChI is InChI=1S/C14H11FN4O3/c1-8-12-13(22-18-8)16-7-19(14(12)21)6-11(20)17-10-5-3-2-4-9(10)15/h2-5,7H,6H2,1H3,(H,17,20). The SMILES string of the molecule is Cc1noc2ncn(CC(=O)Nc3ccccc3F)c(=O)c12. The highest BCUT2D eigenvalue weighted by molar-refractivity contribution is 5.90. The van der Waals surface area contributed by atoms with E-state index in [9.17, 15) is 14.0 Å². The van der Waals surface area contributed by atoms with Crippen LogP contribution in [0.1, 0.15) is 5.69 Å². The second-order valence-corrected chi connectivity index (χ2v) is 4.65. The number of benzene rings is 1. The van der Waals surface area contributed by atoms with E-state index in [2.05, 4.69) is 15.5 Å². The Morgan fingerprint density at radius 2 is 2.18 bits per heavy atom. The highest BCUT2D eigenvalue weighted by Crippen LogP contribution is 2.12. The van der Waals surface area contributed by atoms with E-state index in [-0.39, 0.29) is 23.3 Å². The minimum atomic E-state index is -0.549. The van der Waals surface area contributed by atoms with Gasteiger partial charge in [0.2, 0.25) is 5.91 Å². The summed E-state index contributed by atoms with van der Waals surface area (Å²) in [6.45, 7) is 1.32. The monoisotopic (exact) mass is 302 g/mol. The van der Waals surface area contributed by atoms with Gasteiger partial charge in [0.1, 0.15) is 24.1 Å². The Bertz CT molecular complexity index is 916. The van der Waals surface area contributed by atoms with E-state index in [1.807, 2.05) is 0 Å². The fourth-order valence-corrected chi connectivity index (χ4v) is 2.03. The molecular weight excluding hydrogens is 291 g/mol. The number of para-hydroxylation sites is 1. The van der Waals surface area contributed by atoms with Gasteiger partial charge in [0.25, 0.3) is 11.3 Å². The van der Waals surface area contributed by atoms with Crippen LogP contribution in [0.3, 0.4) is 0 Å². The smallest absolute Gasteiger partial charge is 0.267 e. The molecule has 0 unspecified atom stereocenters. The fourth-order valence-electron chi connectivity index (χ4n) is 2.03. The number of carbonyl (C=O) groups is 1. The lowest BCUT2D eigenvalue weighted by atomic mass is 10.3. The van der Waals surface area contributed by atoms with Crippen LogP contribution in [0.5, 0.6) is 0 Å². The average molecular weight is 302 g/mol. The van der Waals surface area contributed by atoms with Crippen molar-refractivity contribution in [2.24, 2.45) is 0 Å². The third-order valence-electron chi connectivity index (χ3n) is 3.10. The lowest BCUT2D eigenvalue weighted by Crippen LogP contribution is -2.28. The predicted octanol–water partition coefficient (Wildman–Crippen LogP) is 1.47. The molecule has 2 aromatic heterocycles. The Hall–Kier alpha value is -3.03. The van der Waals surface area contributed by atoms with Crippen LogP contribution in [-0.4, -0.2) is 20.6 Å². The van der Waals surface area contributed by atoms with E-state index in [1.54, 1.807) is 13.0 Å². The van der Waals surface area contributed by atoms with Gasteiger partial charge in [-0.05, 0) is 19.1 Å². The van der Waals surface area contributed by atoms with Crippen LogP contribution < -0.4 is 10.9 Å². The number of rotatable bonds is 3. The van der Waals surface area contributed by atoms with Crippen molar-refractivity contribution in [1.29, 1.82) is 0 Å². The van der Waals surface area contributed by atoms with E-state index in [0.29, 0.717) is 5.69 Å². The molecule has 0 atom stereocenters. The number of hydrogen-bond acceptors (Lipinski definition) is 5. The summed E-state index contributed by atoms with van der Waals surface area (Å²) in [5.74, 6) is -1.09. The van der Waals surface area contributed by atoms with Crippen molar-refractivity contribution in [3.63, 3.8) is 0 Å². The minimum Gasteiger partial charge on any atom is -0.335 e. The Balaban J connectivity index is 1.86. The van der Waals surface area contributed by atoms with Crippen molar-refractivity contribution in [3.05, 3.63) is 52.5 Å². The lowest BCUT2D eigenvalue weighted by molar-refractivity contribution is -0.116. The molecule has 1 N–H and O–H groups in total. The quantitative estimate of drug-likeness (QED) is 0.791. The molecule has 2 heterocycles. The first-order valence-corrected chi connectivity index (χ1v) is 6.42. The van der Waals surface area contributed by atoms with Gasteiger partial charge in [-0.1, -0.05) is 17.3 Å². The van der Waals surface area contributed by atoms with Gasteiger partial charge in [0.05, 0.1) is 11.4 Å². The van der Waals surface area contributed by atoms with Crippen molar-refractivity contribution in [1.82, 2.24) is 14.7 Å². The Morgan fingerprint density at radius 1 is 1.41 bits per heavy atom. The van der Waals surface area contributed by atoms with Gasteiger partial charge >= 0.3 is 0 Å². The molecule has 0 saturated carbocycles. The molecule has 112 valence electrons. The summed E-state index contributed by atoms with van der Waals surface area (Å²) in [6, 6.07) is 5.78. The number of fused-ring (bicyclic) bond motifs is 1. The molecule has 0 aliphatic rings. The highest BCUT2D eigenvalue weighted by atomic mass is 19.1. The maximum absolute atomic E-state index is 13.5. The summed E-state index contributed by atoms with van der Waals surface area (Å²) in [5.41, 5.74) is 0.132. The van der Waals surface area contributed by atoms with E-state index < -0.39 is 17.3 Å². The average Bonchev–Trinajstić information content (AvgIpc) is 2.87. The highest BCUT2D eigenvalue weighted by Gasteiger charge is 2.14. The first-order chi connectivity index (χ1) is 10.6. The summed E-state index contributed by atoms with van der Waals surface area (Å²) in [4.78, 5) is 28.1. The maximum Gasteiger partial charge on any atom is 0.267 e. The van der Waals surface area contributed by atoms with E-state index in [0.717, 1.165) is 4.57 Å². The summed E-state index contributed by atoms with van der Waals surface area (Å²) >= 11 is 0. The number of amides is 1. The molecule has 22 heavy (non-hydrogen) atoms. The first kappa shape index (κ1) is 13.9. The second-order valence-electron chi connectivity index (χ2n) is 4.65. The van der Waals surface area contributed by atoms with Crippen LogP contribution in [0.15, 0.2) is 39.9 Å². The zero-order valence-corrected chi connectivity index (χ0v) is 11.5. The van der Waals surface area contributed by atoms with E-state index >= 15 is 0 Å². The van der Waals surface area contributed by atoms with E-state index in [4.69, 9.17) is 4.52 Å². The lowest BCUT2D eigenvalue weighted by Gasteiger charge is -2.07. The normalized spacial score (nSPS) is 10.8. The number of anilines is 1. The van der Waals surface area contributed by atoms with Crippen LogP contribution in [-0.2, 0) is 11.3 Å². The first-order valence-electron chi connectivity index (χ1n) is 6.42. The van der Waals surface area contributed by atoms with Crippen LogP contribution >= 0.6 is 0 Å². The molecule has 0 radical (unpaired) electrons. The number of carbonyl (C=O) groups excluding carboxylic acids is 1. The molecule has 8 heteroatoms. The number of aromatic nitrogens is 3. The Morgan fingerprint density at radius 3 is 2.95 bits per heavy atom. The second kappa shape index (κ2) is 5.40. The number of nitrogens with one attached hydrogen (secondary N) is 1. The Kier molecular flexibility index (Phi) is 3.42. The molecule has 0 spiro atoms. The maximum atomic E-state index is 13.5. The van der Waals surface area contributed by atoms with Gasteiger partial charge in [-0.3, -0.25) is 14.2 Å². The summed E-state index contributed by atoms with van der Waals surface area (Å²) < 4.78 is 19.5. The van der Waals surface area contributed by atoms with Gasteiger partial charge in [0, 0.05) is 0 Å². The van der Waals surface area contributed by atoms with Crippen molar-refractivity contribution < 1.29 is 13.7 Å². The Labute approximate surface area is 123 Å². The number of hydrogen-bond donors (Lipinski definition) is 1. The largest absolute Gasteiger partial charge is 0.335 e. The van der Waals surface area contributed by atoms with Crippen molar-refractivity contribution in [2.75, 3.05) is 5.32 Å². The van der Waals surface area contributed by atoms with Gasteiger partial charge < -0.3 is 9.84 Å². The summed E-state index contributed by atoms with van der Waals surface area (Å²) in [7, 11) is 0. The molecule has 0 aliphatic heterocycles. The van der Waals surface area contributed by atoms with Gasteiger partial charge in [0.15, 0.2) is 0 Å². The molecule has 3 aromatic rings.